The number of halogens is 2. The maximum atomic E-state index is 13.5. The van der Waals surface area contributed by atoms with Gasteiger partial charge in [0.05, 0.1) is 0 Å². The highest BCUT2D eigenvalue weighted by molar-refractivity contribution is 5.25. The minimum absolute atomic E-state index is 0.0197. The predicted octanol–water partition coefficient (Wildman–Crippen LogP) is 2.42. The minimum Gasteiger partial charge on any atom is -0.384 e. The van der Waals surface area contributed by atoms with Gasteiger partial charge >= 0.3 is 0 Å². The Labute approximate surface area is 101 Å². The van der Waals surface area contributed by atoms with Crippen LogP contribution in [0.1, 0.15) is 26.3 Å². The fourth-order valence-corrected chi connectivity index (χ4v) is 1.62. The van der Waals surface area contributed by atoms with Crippen molar-refractivity contribution in [2.24, 2.45) is 5.92 Å². The molecule has 1 aromatic carbocycles. The lowest BCUT2D eigenvalue weighted by Gasteiger charge is -2.25. The molecule has 0 bridgehead atoms. The van der Waals surface area contributed by atoms with Gasteiger partial charge in [-0.2, -0.15) is 0 Å². The molecular weight excluding hydrogens is 224 g/mol. The van der Waals surface area contributed by atoms with Gasteiger partial charge in [0.1, 0.15) is 5.60 Å². The largest absolute Gasteiger partial charge is 0.384 e. The Kier molecular flexibility index (Phi) is 4.60. The molecule has 1 atom stereocenters. The number of rotatable bonds is 5. The van der Waals surface area contributed by atoms with E-state index in [1.54, 1.807) is 0 Å². The zero-order valence-electron chi connectivity index (χ0n) is 10.4. The molecule has 0 saturated heterocycles. The van der Waals surface area contributed by atoms with Crippen molar-refractivity contribution < 1.29 is 13.9 Å². The van der Waals surface area contributed by atoms with Gasteiger partial charge in [-0.25, -0.2) is 8.78 Å². The van der Waals surface area contributed by atoms with Crippen LogP contribution in [0.5, 0.6) is 0 Å². The van der Waals surface area contributed by atoms with Gasteiger partial charge in [-0.3, -0.25) is 0 Å². The third-order valence-electron chi connectivity index (χ3n) is 2.55. The molecule has 0 aliphatic heterocycles. The average molecular weight is 243 g/mol. The molecule has 1 aromatic rings. The molecule has 1 rings (SSSR count). The number of aliphatic hydroxyl groups is 1. The predicted molar refractivity (Wildman–Crippen MR) is 63.6 cm³/mol. The molecule has 0 amide bonds. The summed E-state index contributed by atoms with van der Waals surface area (Å²) in [6.45, 7) is 6.44. The van der Waals surface area contributed by atoms with Crippen LogP contribution >= 0.6 is 0 Å². The quantitative estimate of drug-likeness (QED) is 0.832. The highest BCUT2D eigenvalue weighted by atomic mass is 19.2. The van der Waals surface area contributed by atoms with Gasteiger partial charge in [0.2, 0.25) is 0 Å². The molecule has 4 heteroatoms. The van der Waals surface area contributed by atoms with Crippen LogP contribution in [0.25, 0.3) is 0 Å². The molecule has 0 fully saturated rings. The van der Waals surface area contributed by atoms with Gasteiger partial charge in [0.25, 0.3) is 0 Å². The monoisotopic (exact) mass is 243 g/mol. The first-order valence-corrected chi connectivity index (χ1v) is 5.72. The van der Waals surface area contributed by atoms with Crippen LogP contribution in [0.2, 0.25) is 0 Å². The Bertz CT molecular complexity index is 378. The summed E-state index contributed by atoms with van der Waals surface area (Å²) < 4.78 is 26.6. The van der Waals surface area contributed by atoms with Gasteiger partial charge in [-0.1, -0.05) is 26.0 Å². The van der Waals surface area contributed by atoms with E-state index in [0.717, 1.165) is 6.07 Å². The Morgan fingerprint density at radius 2 is 2.00 bits per heavy atom. The van der Waals surface area contributed by atoms with E-state index in [1.165, 1.54) is 19.1 Å². The lowest BCUT2D eigenvalue weighted by Crippen LogP contribution is -2.37. The summed E-state index contributed by atoms with van der Waals surface area (Å²) in [7, 11) is 0. The van der Waals surface area contributed by atoms with Crippen molar-refractivity contribution >= 4 is 0 Å². The number of nitrogens with one attached hydrogen (secondary N) is 1. The van der Waals surface area contributed by atoms with Gasteiger partial charge in [-0.15, -0.1) is 0 Å². The summed E-state index contributed by atoms with van der Waals surface area (Å²) in [4.78, 5) is 0. The van der Waals surface area contributed by atoms with Crippen LogP contribution in [0.4, 0.5) is 8.78 Å². The van der Waals surface area contributed by atoms with Crippen LogP contribution in [-0.4, -0.2) is 18.2 Å². The summed E-state index contributed by atoms with van der Waals surface area (Å²) in [6.07, 6.45) is 0. The fourth-order valence-electron chi connectivity index (χ4n) is 1.62. The van der Waals surface area contributed by atoms with Crippen LogP contribution in [0, 0.1) is 17.6 Å². The standard InChI is InChI=1S/C13H19F2NO/c1-9(2)7-16-8-13(3,17)10-5-4-6-11(14)12(10)15/h4-6,9,16-17H,7-8H2,1-3H3. The van der Waals surface area contributed by atoms with Crippen molar-refractivity contribution in [2.75, 3.05) is 13.1 Å². The SMILES string of the molecule is CC(C)CNCC(C)(O)c1cccc(F)c1F. The molecule has 0 heterocycles. The second-order valence-corrected chi connectivity index (χ2v) is 4.90. The molecule has 96 valence electrons. The van der Waals surface area contributed by atoms with Gasteiger partial charge in [0.15, 0.2) is 11.6 Å². The lowest BCUT2D eigenvalue weighted by atomic mass is 9.95. The Balaban J connectivity index is 2.78. The molecule has 17 heavy (non-hydrogen) atoms. The van der Waals surface area contributed by atoms with Crippen LogP contribution in [-0.2, 0) is 5.60 Å². The maximum absolute atomic E-state index is 13.5. The topological polar surface area (TPSA) is 32.3 Å². The summed E-state index contributed by atoms with van der Waals surface area (Å²) in [5.74, 6) is -1.49. The van der Waals surface area contributed by atoms with Crippen molar-refractivity contribution in [1.82, 2.24) is 5.32 Å². The van der Waals surface area contributed by atoms with Crippen molar-refractivity contribution in [1.29, 1.82) is 0 Å². The highest BCUT2D eigenvalue weighted by Gasteiger charge is 2.27. The molecule has 0 saturated carbocycles. The second-order valence-electron chi connectivity index (χ2n) is 4.90. The minimum atomic E-state index is -1.42. The number of hydrogen-bond acceptors (Lipinski definition) is 2. The first-order valence-electron chi connectivity index (χ1n) is 5.72. The summed E-state index contributed by atoms with van der Waals surface area (Å²) >= 11 is 0. The molecule has 2 nitrogen and oxygen atoms in total. The lowest BCUT2D eigenvalue weighted by molar-refractivity contribution is 0.0519. The number of benzene rings is 1. The van der Waals surface area contributed by atoms with E-state index in [4.69, 9.17) is 0 Å². The van der Waals surface area contributed by atoms with E-state index in [2.05, 4.69) is 5.32 Å². The van der Waals surface area contributed by atoms with Crippen molar-refractivity contribution in [3.8, 4) is 0 Å². The fraction of sp³-hybridized carbons (Fsp3) is 0.538. The first kappa shape index (κ1) is 14.1. The summed E-state index contributed by atoms with van der Waals surface area (Å²) in [6, 6.07) is 3.83. The van der Waals surface area contributed by atoms with E-state index >= 15 is 0 Å². The van der Waals surface area contributed by atoms with E-state index < -0.39 is 17.2 Å². The molecule has 0 radical (unpaired) electrons. The average Bonchev–Trinajstić information content (AvgIpc) is 2.21. The smallest absolute Gasteiger partial charge is 0.164 e. The molecular formula is C13H19F2NO. The summed E-state index contributed by atoms with van der Waals surface area (Å²) in [5, 5.41) is 13.2. The highest BCUT2D eigenvalue weighted by Crippen LogP contribution is 2.24. The third kappa shape index (κ3) is 3.75. The van der Waals surface area contributed by atoms with E-state index in [-0.39, 0.29) is 12.1 Å². The van der Waals surface area contributed by atoms with Crippen molar-refractivity contribution in [3.63, 3.8) is 0 Å². The molecule has 0 aromatic heterocycles. The van der Waals surface area contributed by atoms with Gasteiger partial charge in [-0.05, 0) is 25.5 Å². The van der Waals surface area contributed by atoms with Crippen LogP contribution < -0.4 is 5.32 Å². The molecule has 0 aliphatic carbocycles. The zero-order valence-corrected chi connectivity index (χ0v) is 10.4. The molecule has 0 aliphatic rings. The summed E-state index contributed by atoms with van der Waals surface area (Å²) in [5.41, 5.74) is -1.44. The first-order chi connectivity index (χ1) is 7.84. The van der Waals surface area contributed by atoms with E-state index in [9.17, 15) is 13.9 Å². The van der Waals surface area contributed by atoms with E-state index in [0.29, 0.717) is 12.5 Å². The van der Waals surface area contributed by atoms with Crippen molar-refractivity contribution in [3.05, 3.63) is 35.4 Å². The van der Waals surface area contributed by atoms with Gasteiger partial charge in [0, 0.05) is 12.1 Å². The Morgan fingerprint density at radius 3 is 2.59 bits per heavy atom. The third-order valence-corrected chi connectivity index (χ3v) is 2.55. The van der Waals surface area contributed by atoms with Gasteiger partial charge < -0.3 is 10.4 Å². The zero-order chi connectivity index (χ0) is 13.1. The normalized spacial score (nSPS) is 15.0. The maximum Gasteiger partial charge on any atom is 0.164 e. The van der Waals surface area contributed by atoms with E-state index in [1.807, 2.05) is 13.8 Å². The van der Waals surface area contributed by atoms with Crippen molar-refractivity contribution in [2.45, 2.75) is 26.4 Å². The molecule has 2 N–H and O–H groups in total. The Hall–Kier alpha value is -1.00. The van der Waals surface area contributed by atoms with Crippen LogP contribution in [0.15, 0.2) is 18.2 Å². The second kappa shape index (κ2) is 5.56. The molecule has 0 spiro atoms. The number of hydrogen-bond donors (Lipinski definition) is 2. The molecule has 1 unspecified atom stereocenters. The Morgan fingerprint density at radius 1 is 1.35 bits per heavy atom. The van der Waals surface area contributed by atoms with Crippen LogP contribution in [0.3, 0.4) is 0 Å².